The second kappa shape index (κ2) is 10.9. The number of unbranched alkanes of at least 4 members (excludes halogenated alkanes) is 3. The van der Waals surface area contributed by atoms with Crippen LogP contribution in [0.5, 0.6) is 0 Å². The van der Waals surface area contributed by atoms with Gasteiger partial charge in [-0.1, -0.05) is 38.1 Å². The number of hydrogen-bond acceptors (Lipinski definition) is 5. The van der Waals surface area contributed by atoms with Crippen molar-refractivity contribution in [3.63, 3.8) is 0 Å². The van der Waals surface area contributed by atoms with Gasteiger partial charge in [0, 0.05) is 12.3 Å². The molecule has 20 heavy (non-hydrogen) atoms. The second-order valence-electron chi connectivity index (χ2n) is 5.27. The molecule has 0 atom stereocenters. The van der Waals surface area contributed by atoms with Crippen molar-refractivity contribution in [1.29, 1.82) is 0 Å². The molecular formula is C14H27N5S. The molecular weight excluding hydrogens is 270 g/mol. The number of allylic oxidation sites excluding steroid dienone is 1. The lowest BCUT2D eigenvalue weighted by atomic mass is 10.2. The fraction of sp³-hybridized carbons (Fsp3) is 0.786. The van der Waals surface area contributed by atoms with Gasteiger partial charge < -0.3 is 5.32 Å². The van der Waals surface area contributed by atoms with Crippen LogP contribution in [0.4, 0.5) is 0 Å². The molecule has 0 spiro atoms. The number of nitrogens with one attached hydrogen (secondary N) is 1. The van der Waals surface area contributed by atoms with Crippen LogP contribution in [0.2, 0.25) is 0 Å². The van der Waals surface area contributed by atoms with Gasteiger partial charge in [-0.05, 0) is 42.2 Å². The van der Waals surface area contributed by atoms with E-state index in [1.807, 2.05) is 10.8 Å². The average molecular weight is 297 g/mol. The maximum atomic E-state index is 4.08. The molecule has 1 heterocycles. The number of aromatic nitrogens is 4. The summed E-state index contributed by atoms with van der Waals surface area (Å²) < 4.78 is 1.89. The van der Waals surface area contributed by atoms with Gasteiger partial charge in [0.15, 0.2) is 0 Å². The minimum Gasteiger partial charge on any atom is -0.315 e. The van der Waals surface area contributed by atoms with Crippen molar-refractivity contribution >= 4 is 11.8 Å². The number of hydrogen-bond donors (Lipinski definition) is 1. The maximum absolute atomic E-state index is 4.08. The van der Waals surface area contributed by atoms with E-state index in [0.717, 1.165) is 37.0 Å². The number of tetrazole rings is 1. The Balaban J connectivity index is 2.16. The second-order valence-corrected chi connectivity index (χ2v) is 6.33. The SMILES string of the molecule is C=CCCCCCSc1nnnn1CCNCC(C)C. The first-order valence-corrected chi connectivity index (χ1v) is 8.43. The van der Waals surface area contributed by atoms with Crippen LogP contribution in [0.3, 0.4) is 0 Å². The Labute approximate surface area is 126 Å². The van der Waals surface area contributed by atoms with E-state index in [0.29, 0.717) is 5.92 Å². The standard InChI is InChI=1S/C14H27N5S/c1-4-5-6-7-8-11-20-14-16-17-18-19(14)10-9-15-12-13(2)3/h4,13,15H,1,5-12H2,2-3H3. The Bertz CT molecular complexity index is 364. The Morgan fingerprint density at radius 2 is 2.20 bits per heavy atom. The minimum absolute atomic E-state index is 0.674. The highest BCUT2D eigenvalue weighted by Gasteiger charge is 2.06. The summed E-state index contributed by atoms with van der Waals surface area (Å²) in [5.74, 6) is 1.75. The maximum Gasteiger partial charge on any atom is 0.209 e. The molecule has 1 rings (SSSR count). The Morgan fingerprint density at radius 3 is 2.95 bits per heavy atom. The van der Waals surface area contributed by atoms with Crippen LogP contribution in [0.25, 0.3) is 0 Å². The highest BCUT2D eigenvalue weighted by atomic mass is 32.2. The fourth-order valence-electron chi connectivity index (χ4n) is 1.75. The van der Waals surface area contributed by atoms with Crippen molar-refractivity contribution in [3.05, 3.63) is 12.7 Å². The normalized spacial score (nSPS) is 11.2. The van der Waals surface area contributed by atoms with Gasteiger partial charge in [0.05, 0.1) is 6.54 Å². The third kappa shape index (κ3) is 7.65. The van der Waals surface area contributed by atoms with Gasteiger partial charge >= 0.3 is 0 Å². The summed E-state index contributed by atoms with van der Waals surface area (Å²) in [7, 11) is 0. The summed E-state index contributed by atoms with van der Waals surface area (Å²) in [6.07, 6.45) is 6.78. The fourth-order valence-corrected chi connectivity index (χ4v) is 2.65. The van der Waals surface area contributed by atoms with Crippen LogP contribution in [0, 0.1) is 5.92 Å². The van der Waals surface area contributed by atoms with Crippen LogP contribution in [-0.4, -0.2) is 39.0 Å². The molecule has 0 aromatic carbocycles. The Kier molecular flexibility index (Phi) is 9.32. The minimum atomic E-state index is 0.674. The zero-order chi connectivity index (χ0) is 14.6. The van der Waals surface area contributed by atoms with E-state index in [2.05, 4.69) is 41.3 Å². The Hall–Kier alpha value is -0.880. The molecule has 114 valence electrons. The predicted molar refractivity (Wildman–Crippen MR) is 84.9 cm³/mol. The van der Waals surface area contributed by atoms with Gasteiger partial charge in [0.25, 0.3) is 0 Å². The molecule has 0 aliphatic carbocycles. The molecule has 0 saturated carbocycles. The average Bonchev–Trinajstić information content (AvgIpc) is 2.86. The van der Waals surface area contributed by atoms with Crippen molar-refractivity contribution in [1.82, 2.24) is 25.5 Å². The van der Waals surface area contributed by atoms with Gasteiger partial charge in [-0.2, -0.15) is 0 Å². The third-order valence-electron chi connectivity index (χ3n) is 2.84. The molecule has 0 unspecified atom stereocenters. The number of rotatable bonds is 12. The van der Waals surface area contributed by atoms with Crippen LogP contribution in [-0.2, 0) is 6.54 Å². The van der Waals surface area contributed by atoms with E-state index in [-0.39, 0.29) is 0 Å². The lowest BCUT2D eigenvalue weighted by molar-refractivity contribution is 0.482. The monoisotopic (exact) mass is 297 g/mol. The van der Waals surface area contributed by atoms with Crippen LogP contribution in [0.15, 0.2) is 17.8 Å². The summed E-state index contributed by atoms with van der Waals surface area (Å²) in [5, 5.41) is 16.2. The van der Waals surface area contributed by atoms with E-state index < -0.39 is 0 Å². The van der Waals surface area contributed by atoms with Crippen molar-refractivity contribution in [2.45, 2.75) is 51.2 Å². The van der Waals surface area contributed by atoms with Crippen LogP contribution >= 0.6 is 11.8 Å². The first-order chi connectivity index (χ1) is 9.74. The highest BCUT2D eigenvalue weighted by molar-refractivity contribution is 7.99. The molecule has 1 N–H and O–H groups in total. The lowest BCUT2D eigenvalue weighted by Crippen LogP contribution is -2.24. The van der Waals surface area contributed by atoms with Crippen molar-refractivity contribution in [2.24, 2.45) is 5.92 Å². The summed E-state index contributed by atoms with van der Waals surface area (Å²) in [4.78, 5) is 0. The van der Waals surface area contributed by atoms with Gasteiger partial charge in [-0.15, -0.1) is 11.7 Å². The third-order valence-corrected chi connectivity index (χ3v) is 3.88. The van der Waals surface area contributed by atoms with Crippen LogP contribution < -0.4 is 5.32 Å². The van der Waals surface area contributed by atoms with Gasteiger partial charge in [-0.3, -0.25) is 0 Å². The molecule has 0 fully saturated rings. The molecule has 0 aliphatic rings. The van der Waals surface area contributed by atoms with Crippen molar-refractivity contribution < 1.29 is 0 Å². The number of thioether (sulfide) groups is 1. The molecule has 0 amide bonds. The van der Waals surface area contributed by atoms with E-state index >= 15 is 0 Å². The summed E-state index contributed by atoms with van der Waals surface area (Å²) in [6, 6.07) is 0. The molecule has 0 saturated heterocycles. The predicted octanol–water partition coefficient (Wildman–Crippen LogP) is 2.76. The summed E-state index contributed by atoms with van der Waals surface area (Å²) in [6.45, 7) is 10.9. The van der Waals surface area contributed by atoms with E-state index in [1.165, 1.54) is 19.3 Å². The molecule has 0 bridgehead atoms. The zero-order valence-electron chi connectivity index (χ0n) is 12.7. The molecule has 0 radical (unpaired) electrons. The van der Waals surface area contributed by atoms with E-state index in [9.17, 15) is 0 Å². The summed E-state index contributed by atoms with van der Waals surface area (Å²) in [5.41, 5.74) is 0. The van der Waals surface area contributed by atoms with Gasteiger partial charge in [-0.25, -0.2) is 4.68 Å². The smallest absolute Gasteiger partial charge is 0.209 e. The zero-order valence-corrected chi connectivity index (χ0v) is 13.5. The molecule has 0 aliphatic heterocycles. The number of nitrogens with zero attached hydrogens (tertiary/aromatic N) is 4. The van der Waals surface area contributed by atoms with Gasteiger partial charge in [0.1, 0.15) is 0 Å². The van der Waals surface area contributed by atoms with Crippen LogP contribution in [0.1, 0.15) is 39.5 Å². The van der Waals surface area contributed by atoms with Gasteiger partial charge in [0.2, 0.25) is 5.16 Å². The topological polar surface area (TPSA) is 55.6 Å². The Morgan fingerprint density at radius 1 is 1.35 bits per heavy atom. The van der Waals surface area contributed by atoms with E-state index in [1.54, 1.807) is 11.8 Å². The quantitative estimate of drug-likeness (QED) is 0.365. The van der Waals surface area contributed by atoms with E-state index in [4.69, 9.17) is 0 Å². The molecule has 6 heteroatoms. The summed E-state index contributed by atoms with van der Waals surface area (Å²) >= 11 is 1.75. The molecule has 5 nitrogen and oxygen atoms in total. The molecule has 1 aromatic rings. The highest BCUT2D eigenvalue weighted by Crippen LogP contribution is 2.16. The first kappa shape index (κ1) is 17.2. The van der Waals surface area contributed by atoms with Crippen molar-refractivity contribution in [3.8, 4) is 0 Å². The first-order valence-electron chi connectivity index (χ1n) is 7.44. The lowest BCUT2D eigenvalue weighted by Gasteiger charge is -2.08. The largest absolute Gasteiger partial charge is 0.315 e. The molecule has 1 aromatic heterocycles. The van der Waals surface area contributed by atoms with Crippen molar-refractivity contribution in [2.75, 3.05) is 18.8 Å².